The highest BCUT2D eigenvalue weighted by atomic mass is 14.9. The fraction of sp³-hybridized carbons (Fsp3) is 1.00. The molecule has 1 saturated carbocycles. The van der Waals surface area contributed by atoms with Crippen LogP contribution in [-0.4, -0.2) is 12.6 Å². The standard InChI is InChI=1S/C16H33N/c1-6-13(7-2)15(17-8-3)14-9-11-16(4,5)12-10-14/h13-15,17H,6-12H2,1-5H3. The Balaban J connectivity index is 2.59. The van der Waals surface area contributed by atoms with Gasteiger partial charge in [0, 0.05) is 6.04 Å². The van der Waals surface area contributed by atoms with Crippen molar-refractivity contribution >= 4 is 0 Å². The minimum Gasteiger partial charge on any atom is -0.314 e. The van der Waals surface area contributed by atoms with Gasteiger partial charge >= 0.3 is 0 Å². The summed E-state index contributed by atoms with van der Waals surface area (Å²) >= 11 is 0. The molecule has 0 aromatic rings. The predicted molar refractivity (Wildman–Crippen MR) is 77.3 cm³/mol. The zero-order chi connectivity index (χ0) is 12.9. The molecular formula is C16H33N. The highest BCUT2D eigenvalue weighted by molar-refractivity contribution is 4.88. The Labute approximate surface area is 109 Å². The molecule has 0 aromatic heterocycles. The summed E-state index contributed by atoms with van der Waals surface area (Å²) in [4.78, 5) is 0. The molecule has 1 nitrogen and oxygen atoms in total. The molecule has 0 radical (unpaired) electrons. The number of hydrogen-bond donors (Lipinski definition) is 1. The Morgan fingerprint density at radius 2 is 1.59 bits per heavy atom. The Bertz CT molecular complexity index is 196. The summed E-state index contributed by atoms with van der Waals surface area (Å²) in [7, 11) is 0. The third-order valence-electron chi connectivity index (χ3n) is 4.89. The Morgan fingerprint density at radius 3 is 2.00 bits per heavy atom. The van der Waals surface area contributed by atoms with Gasteiger partial charge < -0.3 is 5.32 Å². The summed E-state index contributed by atoms with van der Waals surface area (Å²) in [5.41, 5.74) is 0.598. The minimum atomic E-state index is 0.598. The van der Waals surface area contributed by atoms with E-state index in [4.69, 9.17) is 0 Å². The molecule has 0 aromatic carbocycles. The Kier molecular flexibility index (Phi) is 5.99. The average Bonchev–Trinajstić information content (AvgIpc) is 2.30. The second-order valence-corrected chi connectivity index (χ2v) is 6.66. The molecule has 102 valence electrons. The van der Waals surface area contributed by atoms with Crippen molar-refractivity contribution < 1.29 is 0 Å². The van der Waals surface area contributed by atoms with Gasteiger partial charge in [-0.3, -0.25) is 0 Å². The third-order valence-corrected chi connectivity index (χ3v) is 4.89. The van der Waals surface area contributed by atoms with Crippen LogP contribution in [-0.2, 0) is 0 Å². The van der Waals surface area contributed by atoms with Crippen molar-refractivity contribution in [2.24, 2.45) is 17.3 Å². The number of nitrogens with one attached hydrogen (secondary N) is 1. The van der Waals surface area contributed by atoms with E-state index in [1.807, 2.05) is 0 Å². The van der Waals surface area contributed by atoms with E-state index in [2.05, 4.69) is 39.9 Å². The van der Waals surface area contributed by atoms with Crippen LogP contribution in [0.25, 0.3) is 0 Å². The molecule has 1 N–H and O–H groups in total. The highest BCUT2D eigenvalue weighted by Gasteiger charge is 2.33. The van der Waals surface area contributed by atoms with E-state index in [-0.39, 0.29) is 0 Å². The molecule has 1 aliphatic carbocycles. The maximum atomic E-state index is 3.78. The van der Waals surface area contributed by atoms with E-state index >= 15 is 0 Å². The van der Waals surface area contributed by atoms with Gasteiger partial charge in [0.15, 0.2) is 0 Å². The van der Waals surface area contributed by atoms with Gasteiger partial charge in [-0.15, -0.1) is 0 Å². The predicted octanol–water partition coefficient (Wildman–Crippen LogP) is 4.62. The van der Waals surface area contributed by atoms with Crippen LogP contribution < -0.4 is 5.32 Å². The minimum absolute atomic E-state index is 0.598. The topological polar surface area (TPSA) is 12.0 Å². The van der Waals surface area contributed by atoms with Crippen LogP contribution in [0.1, 0.15) is 73.1 Å². The lowest BCUT2D eigenvalue weighted by Gasteiger charge is -2.41. The molecule has 1 rings (SSSR count). The van der Waals surface area contributed by atoms with E-state index < -0.39 is 0 Å². The molecule has 0 saturated heterocycles. The van der Waals surface area contributed by atoms with Crippen LogP contribution in [0.15, 0.2) is 0 Å². The first-order valence-corrected chi connectivity index (χ1v) is 7.77. The first kappa shape index (κ1) is 15.0. The van der Waals surface area contributed by atoms with Crippen LogP contribution in [0.3, 0.4) is 0 Å². The van der Waals surface area contributed by atoms with Crippen LogP contribution in [0, 0.1) is 17.3 Å². The maximum Gasteiger partial charge on any atom is 0.0123 e. The number of rotatable bonds is 6. The van der Waals surface area contributed by atoms with E-state index in [0.717, 1.165) is 24.4 Å². The fourth-order valence-electron chi connectivity index (χ4n) is 3.53. The van der Waals surface area contributed by atoms with E-state index in [9.17, 15) is 0 Å². The van der Waals surface area contributed by atoms with Gasteiger partial charge in [0.1, 0.15) is 0 Å². The van der Waals surface area contributed by atoms with E-state index in [1.54, 1.807) is 0 Å². The first-order valence-electron chi connectivity index (χ1n) is 7.77. The normalized spacial score (nSPS) is 22.9. The van der Waals surface area contributed by atoms with Crippen molar-refractivity contribution in [3.8, 4) is 0 Å². The molecule has 1 fully saturated rings. The quantitative estimate of drug-likeness (QED) is 0.713. The molecule has 1 heteroatoms. The van der Waals surface area contributed by atoms with E-state index in [0.29, 0.717) is 5.41 Å². The molecule has 0 spiro atoms. The van der Waals surface area contributed by atoms with Gasteiger partial charge in [-0.25, -0.2) is 0 Å². The van der Waals surface area contributed by atoms with Gasteiger partial charge in [0.2, 0.25) is 0 Å². The molecule has 0 heterocycles. The largest absolute Gasteiger partial charge is 0.314 e. The molecule has 0 bridgehead atoms. The summed E-state index contributed by atoms with van der Waals surface area (Å²) < 4.78 is 0. The average molecular weight is 239 g/mol. The Morgan fingerprint density at radius 1 is 1.06 bits per heavy atom. The monoisotopic (exact) mass is 239 g/mol. The van der Waals surface area contributed by atoms with Crippen molar-refractivity contribution in [2.45, 2.75) is 79.2 Å². The smallest absolute Gasteiger partial charge is 0.0123 e. The maximum absolute atomic E-state index is 3.78. The van der Waals surface area contributed by atoms with Crippen LogP contribution in [0.4, 0.5) is 0 Å². The van der Waals surface area contributed by atoms with Gasteiger partial charge in [-0.05, 0) is 49.5 Å². The Hall–Kier alpha value is -0.0400. The molecule has 17 heavy (non-hydrogen) atoms. The summed E-state index contributed by atoms with van der Waals surface area (Å²) in [6.07, 6.45) is 8.35. The van der Waals surface area contributed by atoms with E-state index in [1.165, 1.54) is 38.5 Å². The van der Waals surface area contributed by atoms with Crippen molar-refractivity contribution in [3.05, 3.63) is 0 Å². The second-order valence-electron chi connectivity index (χ2n) is 6.66. The van der Waals surface area contributed by atoms with Crippen molar-refractivity contribution in [3.63, 3.8) is 0 Å². The molecule has 1 atom stereocenters. The third kappa shape index (κ3) is 4.28. The highest BCUT2D eigenvalue weighted by Crippen LogP contribution is 2.41. The van der Waals surface area contributed by atoms with Gasteiger partial charge in [-0.2, -0.15) is 0 Å². The zero-order valence-corrected chi connectivity index (χ0v) is 12.7. The lowest BCUT2D eigenvalue weighted by Crippen LogP contribution is -2.44. The lowest BCUT2D eigenvalue weighted by molar-refractivity contribution is 0.133. The lowest BCUT2D eigenvalue weighted by atomic mass is 9.68. The zero-order valence-electron chi connectivity index (χ0n) is 12.7. The van der Waals surface area contributed by atoms with Crippen molar-refractivity contribution in [1.29, 1.82) is 0 Å². The van der Waals surface area contributed by atoms with Gasteiger partial charge in [-0.1, -0.05) is 47.5 Å². The van der Waals surface area contributed by atoms with Crippen LogP contribution in [0.2, 0.25) is 0 Å². The SMILES string of the molecule is CCNC(C(CC)CC)C1CCC(C)(C)CC1. The van der Waals surface area contributed by atoms with Crippen molar-refractivity contribution in [1.82, 2.24) is 5.32 Å². The summed E-state index contributed by atoms with van der Waals surface area (Å²) in [6, 6.07) is 0.770. The summed E-state index contributed by atoms with van der Waals surface area (Å²) in [5.74, 6) is 1.80. The van der Waals surface area contributed by atoms with Gasteiger partial charge in [0.25, 0.3) is 0 Å². The van der Waals surface area contributed by atoms with Crippen molar-refractivity contribution in [2.75, 3.05) is 6.54 Å². The summed E-state index contributed by atoms with van der Waals surface area (Å²) in [6.45, 7) is 12.9. The molecule has 0 aliphatic heterocycles. The first-order chi connectivity index (χ1) is 8.04. The molecule has 0 amide bonds. The second kappa shape index (κ2) is 6.78. The molecule has 1 aliphatic rings. The molecular weight excluding hydrogens is 206 g/mol. The van der Waals surface area contributed by atoms with Gasteiger partial charge in [0.05, 0.1) is 0 Å². The summed E-state index contributed by atoms with van der Waals surface area (Å²) in [5, 5.41) is 3.78. The fourth-order valence-corrected chi connectivity index (χ4v) is 3.53. The van der Waals surface area contributed by atoms with Crippen LogP contribution >= 0.6 is 0 Å². The van der Waals surface area contributed by atoms with Crippen LogP contribution in [0.5, 0.6) is 0 Å². The number of hydrogen-bond acceptors (Lipinski definition) is 1. The molecule has 1 unspecified atom stereocenters.